The van der Waals surface area contributed by atoms with Gasteiger partial charge in [0.2, 0.25) is 0 Å². The molecule has 26 heavy (non-hydrogen) atoms. The van der Waals surface area contributed by atoms with Gasteiger partial charge in [-0.2, -0.15) is 5.10 Å². The molecule has 0 radical (unpaired) electrons. The Hall–Kier alpha value is -2.34. The molecule has 1 aromatic heterocycles. The van der Waals surface area contributed by atoms with Crippen LogP contribution in [0.1, 0.15) is 25.8 Å². The number of rotatable bonds is 9. The predicted molar refractivity (Wildman–Crippen MR) is 109 cm³/mol. The molecule has 0 spiro atoms. The van der Waals surface area contributed by atoms with E-state index < -0.39 is 0 Å². The molecule has 1 unspecified atom stereocenters. The highest BCUT2D eigenvalue weighted by Crippen LogP contribution is 2.08. The molecule has 2 N–H and O–H groups in total. The van der Waals surface area contributed by atoms with E-state index in [9.17, 15) is 0 Å². The van der Waals surface area contributed by atoms with Crippen molar-refractivity contribution in [3.63, 3.8) is 0 Å². The Kier molecular flexibility index (Phi) is 8.15. The van der Waals surface area contributed by atoms with Gasteiger partial charge in [-0.15, -0.1) is 0 Å². The third kappa shape index (κ3) is 6.19. The fourth-order valence-electron chi connectivity index (χ4n) is 2.67. The van der Waals surface area contributed by atoms with Crippen molar-refractivity contribution in [3.8, 4) is 5.69 Å². The summed E-state index contributed by atoms with van der Waals surface area (Å²) in [6.07, 6.45) is 5.86. The summed E-state index contributed by atoms with van der Waals surface area (Å²) in [4.78, 5) is 6.66. The van der Waals surface area contributed by atoms with E-state index in [4.69, 9.17) is 0 Å². The number of aliphatic imine (C=N–C) groups is 1. The summed E-state index contributed by atoms with van der Waals surface area (Å²) in [5.74, 6) is 0.857. The molecule has 1 atom stereocenters. The first kappa shape index (κ1) is 20.0. The zero-order chi connectivity index (χ0) is 18.8. The highest BCUT2D eigenvalue weighted by atomic mass is 15.3. The molecule has 0 saturated carbocycles. The van der Waals surface area contributed by atoms with E-state index in [0.29, 0.717) is 6.04 Å². The first-order valence-electron chi connectivity index (χ1n) is 9.37. The standard InChI is InChI=1S/C20H32N6/c1-5-17(2)25(4)16-14-23-20(21-3)22-13-11-18-7-9-19(10-8-18)26-15-6-12-24-26/h6-10,12,15,17H,5,11,13-14,16H2,1-4H3,(H2,21,22,23). The molecule has 2 rings (SSSR count). The van der Waals surface area contributed by atoms with Crippen molar-refractivity contribution >= 4 is 5.96 Å². The molecule has 0 fully saturated rings. The Morgan fingerprint density at radius 3 is 2.58 bits per heavy atom. The van der Waals surface area contributed by atoms with Crippen molar-refractivity contribution in [2.24, 2.45) is 4.99 Å². The van der Waals surface area contributed by atoms with Crippen molar-refractivity contribution in [1.29, 1.82) is 0 Å². The van der Waals surface area contributed by atoms with Crippen LogP contribution in [0.5, 0.6) is 0 Å². The van der Waals surface area contributed by atoms with Gasteiger partial charge >= 0.3 is 0 Å². The van der Waals surface area contributed by atoms with Crippen molar-refractivity contribution in [1.82, 2.24) is 25.3 Å². The highest BCUT2D eigenvalue weighted by Gasteiger charge is 2.06. The van der Waals surface area contributed by atoms with Crippen LogP contribution in [-0.4, -0.2) is 60.4 Å². The summed E-state index contributed by atoms with van der Waals surface area (Å²) in [7, 11) is 3.98. The third-order valence-corrected chi connectivity index (χ3v) is 4.74. The fourth-order valence-corrected chi connectivity index (χ4v) is 2.67. The molecule has 0 aliphatic carbocycles. The molecular formula is C20H32N6. The quantitative estimate of drug-likeness (QED) is 0.535. The average Bonchev–Trinajstić information content (AvgIpc) is 3.21. The molecule has 0 saturated heterocycles. The topological polar surface area (TPSA) is 57.5 Å². The van der Waals surface area contributed by atoms with Crippen molar-refractivity contribution in [3.05, 3.63) is 48.3 Å². The van der Waals surface area contributed by atoms with Crippen LogP contribution in [0.25, 0.3) is 5.69 Å². The maximum Gasteiger partial charge on any atom is 0.191 e. The first-order valence-corrected chi connectivity index (χ1v) is 9.37. The predicted octanol–water partition coefficient (Wildman–Crippen LogP) is 2.31. The number of aromatic nitrogens is 2. The summed E-state index contributed by atoms with van der Waals surface area (Å²) in [6.45, 7) is 7.22. The minimum absolute atomic E-state index is 0.608. The molecule has 2 aromatic rings. The van der Waals surface area contributed by atoms with Gasteiger partial charge in [-0.05, 0) is 50.6 Å². The zero-order valence-corrected chi connectivity index (χ0v) is 16.4. The monoisotopic (exact) mass is 356 g/mol. The molecule has 6 heteroatoms. The van der Waals surface area contributed by atoms with Gasteiger partial charge in [0.1, 0.15) is 0 Å². The minimum Gasteiger partial charge on any atom is -0.356 e. The Bertz CT molecular complexity index is 647. The number of guanidine groups is 1. The second-order valence-corrected chi connectivity index (χ2v) is 6.53. The Morgan fingerprint density at radius 1 is 1.23 bits per heavy atom. The lowest BCUT2D eigenvalue weighted by molar-refractivity contribution is 0.255. The molecule has 0 aliphatic heterocycles. The number of hydrogen-bond acceptors (Lipinski definition) is 3. The van der Waals surface area contributed by atoms with Gasteiger partial charge in [0, 0.05) is 45.1 Å². The van der Waals surface area contributed by atoms with Crippen LogP contribution in [0.3, 0.4) is 0 Å². The molecular weight excluding hydrogens is 324 g/mol. The van der Waals surface area contributed by atoms with Gasteiger partial charge in [0.05, 0.1) is 5.69 Å². The van der Waals surface area contributed by atoms with Gasteiger partial charge in [-0.1, -0.05) is 19.1 Å². The van der Waals surface area contributed by atoms with Crippen molar-refractivity contribution in [2.45, 2.75) is 32.7 Å². The van der Waals surface area contributed by atoms with Crippen LogP contribution in [0.4, 0.5) is 0 Å². The Balaban J connectivity index is 1.70. The van der Waals surface area contributed by atoms with Gasteiger partial charge in [0.15, 0.2) is 5.96 Å². The molecule has 0 aliphatic rings. The zero-order valence-electron chi connectivity index (χ0n) is 16.4. The Labute approximate surface area is 157 Å². The number of benzene rings is 1. The summed E-state index contributed by atoms with van der Waals surface area (Å²) in [5.41, 5.74) is 2.37. The Morgan fingerprint density at radius 2 is 1.96 bits per heavy atom. The third-order valence-electron chi connectivity index (χ3n) is 4.74. The molecule has 6 nitrogen and oxygen atoms in total. The number of likely N-dealkylation sites (N-methyl/N-ethyl adjacent to an activating group) is 1. The summed E-state index contributed by atoms with van der Waals surface area (Å²) in [6, 6.07) is 11.0. The maximum absolute atomic E-state index is 4.29. The molecule has 142 valence electrons. The summed E-state index contributed by atoms with van der Waals surface area (Å²) in [5, 5.41) is 11.0. The molecule has 1 heterocycles. The number of hydrogen-bond donors (Lipinski definition) is 2. The summed E-state index contributed by atoms with van der Waals surface area (Å²) < 4.78 is 1.87. The van der Waals surface area contributed by atoms with Crippen LogP contribution in [0, 0.1) is 0 Å². The normalized spacial score (nSPS) is 13.0. The highest BCUT2D eigenvalue weighted by molar-refractivity contribution is 5.79. The van der Waals surface area contributed by atoms with E-state index in [2.05, 4.69) is 70.8 Å². The van der Waals surface area contributed by atoms with Gasteiger partial charge in [-0.25, -0.2) is 4.68 Å². The van der Waals surface area contributed by atoms with Crippen molar-refractivity contribution in [2.75, 3.05) is 33.7 Å². The summed E-state index contributed by atoms with van der Waals surface area (Å²) >= 11 is 0. The maximum atomic E-state index is 4.29. The van der Waals surface area contributed by atoms with E-state index >= 15 is 0 Å². The van der Waals surface area contributed by atoms with E-state index in [-0.39, 0.29) is 0 Å². The molecule has 0 amide bonds. The van der Waals surface area contributed by atoms with Crippen LogP contribution in [-0.2, 0) is 6.42 Å². The van der Waals surface area contributed by atoms with E-state index in [0.717, 1.165) is 37.7 Å². The van der Waals surface area contributed by atoms with Crippen LogP contribution in [0.15, 0.2) is 47.7 Å². The smallest absolute Gasteiger partial charge is 0.191 e. The van der Waals surface area contributed by atoms with Crippen LogP contribution < -0.4 is 10.6 Å². The van der Waals surface area contributed by atoms with Crippen molar-refractivity contribution < 1.29 is 0 Å². The van der Waals surface area contributed by atoms with Gasteiger partial charge < -0.3 is 15.5 Å². The van der Waals surface area contributed by atoms with E-state index in [1.807, 2.05) is 24.0 Å². The lowest BCUT2D eigenvalue weighted by Crippen LogP contribution is -2.42. The molecule has 1 aromatic carbocycles. The second kappa shape index (κ2) is 10.6. The van der Waals surface area contributed by atoms with E-state index in [1.165, 1.54) is 12.0 Å². The number of nitrogens with one attached hydrogen (secondary N) is 2. The van der Waals surface area contributed by atoms with Crippen LogP contribution in [0.2, 0.25) is 0 Å². The average molecular weight is 357 g/mol. The lowest BCUT2D eigenvalue weighted by Gasteiger charge is -2.24. The number of nitrogens with zero attached hydrogens (tertiary/aromatic N) is 4. The SMILES string of the molecule is CCC(C)N(C)CCNC(=NC)NCCc1ccc(-n2cccn2)cc1. The van der Waals surface area contributed by atoms with Gasteiger partial charge in [-0.3, -0.25) is 4.99 Å². The fraction of sp³-hybridized carbons (Fsp3) is 0.500. The second-order valence-electron chi connectivity index (χ2n) is 6.53. The first-order chi connectivity index (χ1) is 12.6. The largest absolute Gasteiger partial charge is 0.356 e. The molecule has 0 bridgehead atoms. The van der Waals surface area contributed by atoms with E-state index in [1.54, 1.807) is 6.20 Å². The van der Waals surface area contributed by atoms with Gasteiger partial charge in [0.25, 0.3) is 0 Å². The lowest BCUT2D eigenvalue weighted by atomic mass is 10.1. The minimum atomic E-state index is 0.608. The van der Waals surface area contributed by atoms with Crippen LogP contribution >= 0.6 is 0 Å².